The monoisotopic (exact) mass is 1300 g/mol. The fourth-order valence-electron chi connectivity index (χ4n) is 10.3. The SMILES string of the molecule is CC(C)CCCCCCCCCCCCCC(=O)O[C@H](COC(=O)CCCCCCCCC(C)C)COP(=O)(O)OC[C@H](O)COP(=O)(O)OC[C@@H](COC(=O)CCCCCCCCCCCCC(C)C)OC(=O)CCCCCCCCCCCC(C)C. The minimum atomic E-state index is -4.95. The largest absolute Gasteiger partial charge is 0.472 e. The van der Waals surface area contributed by atoms with E-state index in [2.05, 4.69) is 55.4 Å². The number of aliphatic hydroxyl groups is 1. The summed E-state index contributed by atoms with van der Waals surface area (Å²) in [6.07, 6.45) is 40.4. The van der Waals surface area contributed by atoms with E-state index in [0.717, 1.165) is 114 Å². The van der Waals surface area contributed by atoms with Crippen molar-refractivity contribution in [2.24, 2.45) is 23.7 Å². The minimum absolute atomic E-state index is 0.104. The Bertz CT molecular complexity index is 1750. The third kappa shape index (κ3) is 62.8. The van der Waals surface area contributed by atoms with Crippen molar-refractivity contribution in [2.75, 3.05) is 39.6 Å². The third-order valence-electron chi connectivity index (χ3n) is 15.8. The van der Waals surface area contributed by atoms with Gasteiger partial charge in [-0.3, -0.25) is 37.3 Å². The molecule has 0 aromatic heterocycles. The molecule has 522 valence electrons. The van der Waals surface area contributed by atoms with Crippen LogP contribution in [-0.4, -0.2) is 96.7 Å². The predicted molar refractivity (Wildman–Crippen MR) is 354 cm³/mol. The number of hydrogen-bond acceptors (Lipinski definition) is 15. The Hall–Kier alpha value is -1.94. The molecule has 0 saturated carbocycles. The summed E-state index contributed by atoms with van der Waals surface area (Å²) in [5, 5.41) is 10.6. The van der Waals surface area contributed by atoms with Crippen LogP contribution < -0.4 is 0 Å². The van der Waals surface area contributed by atoms with E-state index in [4.69, 9.17) is 37.0 Å². The van der Waals surface area contributed by atoms with E-state index in [0.29, 0.717) is 31.6 Å². The fraction of sp³-hybridized carbons (Fsp3) is 0.942. The summed E-state index contributed by atoms with van der Waals surface area (Å²) in [7, 11) is -9.90. The van der Waals surface area contributed by atoms with Crippen molar-refractivity contribution in [1.29, 1.82) is 0 Å². The first-order valence-electron chi connectivity index (χ1n) is 35.7. The van der Waals surface area contributed by atoms with Gasteiger partial charge in [-0.1, -0.05) is 287 Å². The highest BCUT2D eigenvalue weighted by atomic mass is 31.2. The van der Waals surface area contributed by atoms with Gasteiger partial charge in [0.05, 0.1) is 26.4 Å². The van der Waals surface area contributed by atoms with Crippen molar-refractivity contribution < 1.29 is 80.2 Å². The Morgan fingerprint density at radius 1 is 0.284 bits per heavy atom. The number of carbonyl (C=O) groups excluding carboxylic acids is 4. The zero-order chi connectivity index (χ0) is 65.4. The number of phosphoric ester groups is 2. The number of esters is 4. The summed E-state index contributed by atoms with van der Waals surface area (Å²) >= 11 is 0. The molecule has 0 aliphatic heterocycles. The Morgan fingerprint density at radius 3 is 0.705 bits per heavy atom. The van der Waals surface area contributed by atoms with Gasteiger partial charge in [-0.05, 0) is 49.4 Å². The van der Waals surface area contributed by atoms with Crippen molar-refractivity contribution >= 4 is 39.5 Å². The second-order valence-electron chi connectivity index (χ2n) is 26.8. The minimum Gasteiger partial charge on any atom is -0.462 e. The molecular formula is C69H134O17P2. The quantitative estimate of drug-likeness (QED) is 0.0222. The fourth-order valence-corrected chi connectivity index (χ4v) is 11.9. The molecule has 17 nitrogen and oxygen atoms in total. The average Bonchev–Trinajstić information content (AvgIpc) is 3.53. The van der Waals surface area contributed by atoms with Gasteiger partial charge < -0.3 is 33.8 Å². The van der Waals surface area contributed by atoms with Crippen LogP contribution in [0.3, 0.4) is 0 Å². The lowest BCUT2D eigenvalue weighted by Gasteiger charge is -2.21. The molecule has 0 saturated heterocycles. The van der Waals surface area contributed by atoms with Crippen LogP contribution in [0.25, 0.3) is 0 Å². The molecule has 0 fully saturated rings. The predicted octanol–water partition coefficient (Wildman–Crippen LogP) is 19.3. The van der Waals surface area contributed by atoms with E-state index in [-0.39, 0.29) is 25.7 Å². The standard InChI is InChI=1S/C69H134O17P2/c1-59(2)45-37-29-21-15-10-9-11-19-25-35-43-51-68(73)86-65(56-80-67(72)50-42-34-28-27-32-40-48-62(7)8)58-84-88(77,78)82-54-63(70)53-81-87(75,76)83-57-64(85-69(74)52-44-36-26-20-14-17-23-31-39-47-61(5)6)55-79-66(71)49-41-33-24-18-13-12-16-22-30-38-46-60(3)4/h59-65,70H,9-58H2,1-8H3,(H,75,76)(H,77,78)/t63-,64-,65-/m1/s1. The topological polar surface area (TPSA) is 237 Å². The van der Waals surface area contributed by atoms with Gasteiger partial charge in [0.2, 0.25) is 0 Å². The molecular weight excluding hydrogens is 1160 g/mol. The van der Waals surface area contributed by atoms with Crippen LogP contribution in [0.1, 0.15) is 338 Å². The lowest BCUT2D eigenvalue weighted by molar-refractivity contribution is -0.161. The first kappa shape index (κ1) is 86.1. The number of phosphoric acid groups is 2. The number of hydrogen-bond donors (Lipinski definition) is 3. The molecule has 0 spiro atoms. The summed E-state index contributed by atoms with van der Waals surface area (Å²) in [4.78, 5) is 72.5. The summed E-state index contributed by atoms with van der Waals surface area (Å²) in [5.74, 6) is 0.807. The highest BCUT2D eigenvalue weighted by Crippen LogP contribution is 2.45. The number of rotatable bonds is 66. The average molecular weight is 1300 g/mol. The summed E-state index contributed by atoms with van der Waals surface area (Å²) in [5.41, 5.74) is 0. The third-order valence-corrected chi connectivity index (χ3v) is 17.7. The smallest absolute Gasteiger partial charge is 0.462 e. The highest BCUT2D eigenvalue weighted by Gasteiger charge is 2.30. The van der Waals surface area contributed by atoms with Crippen molar-refractivity contribution in [3.05, 3.63) is 0 Å². The van der Waals surface area contributed by atoms with Crippen LogP contribution in [0, 0.1) is 23.7 Å². The van der Waals surface area contributed by atoms with Gasteiger partial charge in [0.1, 0.15) is 19.3 Å². The van der Waals surface area contributed by atoms with Gasteiger partial charge in [0, 0.05) is 25.7 Å². The van der Waals surface area contributed by atoms with Gasteiger partial charge >= 0.3 is 39.5 Å². The molecule has 5 atom stereocenters. The molecule has 0 aliphatic carbocycles. The van der Waals surface area contributed by atoms with Crippen LogP contribution in [0.2, 0.25) is 0 Å². The second-order valence-corrected chi connectivity index (χ2v) is 29.7. The van der Waals surface area contributed by atoms with Crippen molar-refractivity contribution in [1.82, 2.24) is 0 Å². The van der Waals surface area contributed by atoms with Crippen molar-refractivity contribution in [2.45, 2.75) is 356 Å². The van der Waals surface area contributed by atoms with Crippen LogP contribution in [-0.2, 0) is 65.4 Å². The molecule has 0 bridgehead atoms. The Morgan fingerprint density at radius 2 is 0.477 bits per heavy atom. The maximum absolute atomic E-state index is 13.0. The van der Waals surface area contributed by atoms with Crippen LogP contribution in [0.5, 0.6) is 0 Å². The maximum atomic E-state index is 13.0. The zero-order valence-corrected chi connectivity index (χ0v) is 59.1. The lowest BCUT2D eigenvalue weighted by Crippen LogP contribution is -2.30. The number of ether oxygens (including phenoxy) is 4. The van der Waals surface area contributed by atoms with Gasteiger partial charge in [-0.15, -0.1) is 0 Å². The van der Waals surface area contributed by atoms with Gasteiger partial charge in [0.15, 0.2) is 12.2 Å². The molecule has 19 heteroatoms. The number of aliphatic hydroxyl groups excluding tert-OH is 1. The van der Waals surface area contributed by atoms with Crippen molar-refractivity contribution in [3.8, 4) is 0 Å². The molecule has 0 aliphatic rings. The Balaban J connectivity index is 5.25. The van der Waals surface area contributed by atoms with Gasteiger partial charge in [0.25, 0.3) is 0 Å². The molecule has 0 rings (SSSR count). The van der Waals surface area contributed by atoms with Crippen molar-refractivity contribution in [3.63, 3.8) is 0 Å². The normalized spacial score (nSPS) is 14.3. The van der Waals surface area contributed by atoms with E-state index >= 15 is 0 Å². The molecule has 0 aromatic carbocycles. The Labute approximate surface area is 537 Å². The molecule has 0 radical (unpaired) electrons. The van der Waals surface area contributed by atoms with Crippen LogP contribution in [0.15, 0.2) is 0 Å². The number of unbranched alkanes of at least 4 members (excludes halogenated alkanes) is 32. The van der Waals surface area contributed by atoms with E-state index < -0.39 is 97.5 Å². The van der Waals surface area contributed by atoms with E-state index in [1.807, 2.05) is 0 Å². The van der Waals surface area contributed by atoms with E-state index in [1.165, 1.54) is 135 Å². The lowest BCUT2D eigenvalue weighted by atomic mass is 10.0. The van der Waals surface area contributed by atoms with Crippen LogP contribution >= 0.6 is 15.6 Å². The zero-order valence-electron chi connectivity index (χ0n) is 57.3. The number of carbonyl (C=O) groups is 4. The first-order chi connectivity index (χ1) is 42.1. The molecule has 2 unspecified atom stereocenters. The van der Waals surface area contributed by atoms with E-state index in [1.54, 1.807) is 0 Å². The van der Waals surface area contributed by atoms with Gasteiger partial charge in [-0.2, -0.15) is 0 Å². The maximum Gasteiger partial charge on any atom is 0.472 e. The molecule has 0 amide bonds. The Kier molecular flexibility index (Phi) is 57.6. The molecule has 3 N–H and O–H groups in total. The molecule has 88 heavy (non-hydrogen) atoms. The second kappa shape index (κ2) is 58.8. The molecule has 0 heterocycles. The first-order valence-corrected chi connectivity index (χ1v) is 38.7. The summed E-state index contributed by atoms with van der Waals surface area (Å²) in [6.45, 7) is 14.0. The van der Waals surface area contributed by atoms with E-state index in [9.17, 15) is 43.2 Å². The molecule has 0 aromatic rings. The summed E-state index contributed by atoms with van der Waals surface area (Å²) in [6, 6.07) is 0. The summed E-state index contributed by atoms with van der Waals surface area (Å²) < 4.78 is 68.2. The van der Waals surface area contributed by atoms with Gasteiger partial charge in [-0.25, -0.2) is 9.13 Å². The van der Waals surface area contributed by atoms with Crippen LogP contribution in [0.4, 0.5) is 0 Å². The highest BCUT2D eigenvalue weighted by molar-refractivity contribution is 7.47.